The quantitative estimate of drug-likeness (QED) is 0.160. The summed E-state index contributed by atoms with van der Waals surface area (Å²) in [6.07, 6.45) is 15.3. The van der Waals surface area contributed by atoms with Crippen molar-refractivity contribution in [1.82, 2.24) is 0 Å². The van der Waals surface area contributed by atoms with Gasteiger partial charge in [0.1, 0.15) is 0 Å². The average Bonchev–Trinajstić information content (AvgIpc) is 2.50. The number of alkyl halides is 1. The first-order valence-electron chi connectivity index (χ1n) is 9.73. The van der Waals surface area contributed by atoms with E-state index in [9.17, 15) is 4.79 Å². The molecule has 0 fully saturated rings. The van der Waals surface area contributed by atoms with Crippen molar-refractivity contribution in [3.05, 3.63) is 0 Å². The van der Waals surface area contributed by atoms with Gasteiger partial charge in [-0.2, -0.15) is 0 Å². The van der Waals surface area contributed by atoms with Crippen LogP contribution < -0.4 is 0 Å². The van der Waals surface area contributed by atoms with Crippen LogP contribution in [0.15, 0.2) is 0 Å². The van der Waals surface area contributed by atoms with Crippen molar-refractivity contribution >= 4 is 21.9 Å². The van der Waals surface area contributed by atoms with Gasteiger partial charge in [-0.25, -0.2) is 0 Å². The largest absolute Gasteiger partial charge is 0.466 e. The fourth-order valence-electron chi connectivity index (χ4n) is 2.74. The van der Waals surface area contributed by atoms with Crippen LogP contribution in [0.2, 0.25) is 0 Å². The zero-order valence-electron chi connectivity index (χ0n) is 15.8. The normalized spacial score (nSPS) is 11.7. The predicted octanol–water partition coefficient (Wildman–Crippen LogP) is 7.04. The first-order valence-corrected chi connectivity index (χ1v) is 10.9. The van der Waals surface area contributed by atoms with Gasteiger partial charge in [-0.3, -0.25) is 4.79 Å². The molecule has 0 saturated heterocycles. The van der Waals surface area contributed by atoms with Crippen molar-refractivity contribution in [2.45, 2.75) is 104 Å². The molecule has 0 aliphatic carbocycles. The Bertz CT molecular complexity index is 277. The highest BCUT2D eigenvalue weighted by molar-refractivity contribution is 9.09. The fourth-order valence-corrected chi connectivity index (χ4v) is 3.14. The molecule has 0 aromatic heterocycles. The molecule has 2 nitrogen and oxygen atoms in total. The number of carbonyl (C=O) groups excluding carboxylic acids is 1. The lowest BCUT2D eigenvalue weighted by Gasteiger charge is -2.24. The number of hydrogen-bond acceptors (Lipinski definition) is 2. The highest BCUT2D eigenvalue weighted by atomic mass is 79.9. The zero-order valence-corrected chi connectivity index (χ0v) is 17.4. The van der Waals surface area contributed by atoms with Gasteiger partial charge in [-0.15, -0.1) is 0 Å². The lowest BCUT2D eigenvalue weighted by atomic mass is 9.84. The molecule has 0 aromatic carbocycles. The predicted molar refractivity (Wildman–Crippen MR) is 104 cm³/mol. The molecule has 0 aliphatic heterocycles. The fraction of sp³-hybridized carbons (Fsp3) is 0.950. The molecule has 0 spiro atoms. The van der Waals surface area contributed by atoms with Crippen LogP contribution in [0, 0.1) is 5.41 Å². The van der Waals surface area contributed by atoms with E-state index in [4.69, 9.17) is 4.74 Å². The van der Waals surface area contributed by atoms with E-state index >= 15 is 0 Å². The molecule has 0 heterocycles. The third-order valence-corrected chi connectivity index (χ3v) is 5.07. The Hall–Kier alpha value is -0.0500. The first-order chi connectivity index (χ1) is 11.0. The van der Waals surface area contributed by atoms with Crippen LogP contribution in [-0.4, -0.2) is 17.9 Å². The number of ether oxygens (including phenoxy) is 1. The first kappa shape index (κ1) is 22.9. The Kier molecular flexibility index (Phi) is 15.4. The SMILES string of the molecule is CCCCCCCCCCC(=O)OCCC(C)(C)CCCCBr. The molecule has 0 radical (unpaired) electrons. The second kappa shape index (κ2) is 15.5. The van der Waals surface area contributed by atoms with Crippen molar-refractivity contribution in [2.24, 2.45) is 5.41 Å². The number of rotatable bonds is 16. The van der Waals surface area contributed by atoms with Crippen LogP contribution in [0.25, 0.3) is 0 Å². The maximum Gasteiger partial charge on any atom is 0.305 e. The lowest BCUT2D eigenvalue weighted by Crippen LogP contribution is -2.16. The molecular formula is C20H39BrO2. The Morgan fingerprint density at radius 2 is 1.48 bits per heavy atom. The van der Waals surface area contributed by atoms with E-state index in [1.165, 1.54) is 64.2 Å². The molecular weight excluding hydrogens is 352 g/mol. The molecule has 138 valence electrons. The van der Waals surface area contributed by atoms with Gasteiger partial charge in [0, 0.05) is 11.8 Å². The van der Waals surface area contributed by atoms with Crippen molar-refractivity contribution in [3.8, 4) is 0 Å². The van der Waals surface area contributed by atoms with Gasteiger partial charge in [-0.1, -0.05) is 88.1 Å². The number of hydrogen-bond donors (Lipinski definition) is 0. The van der Waals surface area contributed by atoms with Crippen LogP contribution in [0.3, 0.4) is 0 Å². The lowest BCUT2D eigenvalue weighted by molar-refractivity contribution is -0.144. The molecule has 0 saturated carbocycles. The molecule has 0 bridgehead atoms. The van der Waals surface area contributed by atoms with Gasteiger partial charge in [0.05, 0.1) is 6.61 Å². The maximum absolute atomic E-state index is 11.7. The maximum atomic E-state index is 11.7. The van der Waals surface area contributed by atoms with Crippen LogP contribution in [-0.2, 0) is 9.53 Å². The third kappa shape index (κ3) is 16.6. The topological polar surface area (TPSA) is 26.3 Å². The standard InChI is InChI=1S/C20H39BrO2/c1-4-5-6-7-8-9-10-11-14-19(22)23-18-16-20(2,3)15-12-13-17-21/h4-18H2,1-3H3. The zero-order chi connectivity index (χ0) is 17.4. The number of halogens is 1. The van der Waals surface area contributed by atoms with Gasteiger partial charge in [0.2, 0.25) is 0 Å². The Morgan fingerprint density at radius 3 is 2.09 bits per heavy atom. The molecule has 0 rings (SSSR count). The number of carbonyl (C=O) groups is 1. The van der Waals surface area contributed by atoms with E-state index in [-0.39, 0.29) is 11.4 Å². The van der Waals surface area contributed by atoms with Gasteiger partial charge >= 0.3 is 5.97 Å². The molecule has 23 heavy (non-hydrogen) atoms. The van der Waals surface area contributed by atoms with Crippen molar-refractivity contribution in [3.63, 3.8) is 0 Å². The summed E-state index contributed by atoms with van der Waals surface area (Å²) in [5, 5.41) is 1.08. The second-order valence-corrected chi connectivity index (χ2v) is 8.30. The smallest absolute Gasteiger partial charge is 0.305 e. The Labute approximate surface area is 153 Å². The van der Waals surface area contributed by atoms with E-state index in [1.807, 2.05) is 0 Å². The Morgan fingerprint density at radius 1 is 0.870 bits per heavy atom. The summed E-state index contributed by atoms with van der Waals surface area (Å²) in [7, 11) is 0. The Balaban J connectivity index is 3.46. The summed E-state index contributed by atoms with van der Waals surface area (Å²) < 4.78 is 5.40. The molecule has 0 N–H and O–H groups in total. The van der Waals surface area contributed by atoms with Crippen molar-refractivity contribution in [1.29, 1.82) is 0 Å². The van der Waals surface area contributed by atoms with E-state index in [2.05, 4.69) is 36.7 Å². The average molecular weight is 391 g/mol. The summed E-state index contributed by atoms with van der Waals surface area (Å²) in [6, 6.07) is 0. The van der Waals surface area contributed by atoms with Gasteiger partial charge < -0.3 is 4.74 Å². The minimum Gasteiger partial charge on any atom is -0.466 e. The molecule has 0 atom stereocenters. The minimum absolute atomic E-state index is 0.00718. The van der Waals surface area contributed by atoms with E-state index < -0.39 is 0 Å². The molecule has 0 amide bonds. The summed E-state index contributed by atoms with van der Waals surface area (Å²) in [6.45, 7) is 7.37. The van der Waals surface area contributed by atoms with Gasteiger partial charge in [-0.05, 0) is 31.1 Å². The molecule has 3 heteroatoms. The van der Waals surface area contributed by atoms with Gasteiger partial charge in [0.15, 0.2) is 0 Å². The third-order valence-electron chi connectivity index (χ3n) is 4.51. The molecule has 0 aliphatic rings. The van der Waals surface area contributed by atoms with Crippen LogP contribution >= 0.6 is 15.9 Å². The highest BCUT2D eigenvalue weighted by Gasteiger charge is 2.17. The van der Waals surface area contributed by atoms with Crippen LogP contribution in [0.1, 0.15) is 104 Å². The second-order valence-electron chi connectivity index (χ2n) is 7.51. The van der Waals surface area contributed by atoms with Crippen molar-refractivity contribution < 1.29 is 9.53 Å². The van der Waals surface area contributed by atoms with Crippen LogP contribution in [0.4, 0.5) is 0 Å². The highest BCUT2D eigenvalue weighted by Crippen LogP contribution is 2.27. The summed E-state index contributed by atoms with van der Waals surface area (Å²) in [5.74, 6) is -0.00718. The number of esters is 1. The van der Waals surface area contributed by atoms with E-state index in [1.54, 1.807) is 0 Å². The number of unbranched alkanes of at least 4 members (excludes halogenated alkanes) is 8. The minimum atomic E-state index is -0.00718. The summed E-state index contributed by atoms with van der Waals surface area (Å²) in [5.41, 5.74) is 0.279. The summed E-state index contributed by atoms with van der Waals surface area (Å²) in [4.78, 5) is 11.7. The monoisotopic (exact) mass is 390 g/mol. The summed E-state index contributed by atoms with van der Waals surface area (Å²) >= 11 is 3.47. The van der Waals surface area contributed by atoms with Crippen LogP contribution in [0.5, 0.6) is 0 Å². The van der Waals surface area contributed by atoms with E-state index in [0.717, 1.165) is 18.2 Å². The molecule has 0 unspecified atom stereocenters. The van der Waals surface area contributed by atoms with Gasteiger partial charge in [0.25, 0.3) is 0 Å². The molecule has 0 aromatic rings. The van der Waals surface area contributed by atoms with E-state index in [0.29, 0.717) is 13.0 Å². The van der Waals surface area contributed by atoms with Crippen molar-refractivity contribution in [2.75, 3.05) is 11.9 Å².